The minimum Gasteiger partial charge on any atom is -0.198 e. The second-order valence-corrected chi connectivity index (χ2v) is 7.65. The van der Waals surface area contributed by atoms with Crippen LogP contribution in [0.1, 0.15) is 44.1 Å². The lowest BCUT2D eigenvalue weighted by molar-refractivity contribution is -0.0745. The highest BCUT2D eigenvalue weighted by Crippen LogP contribution is 2.63. The van der Waals surface area contributed by atoms with Crippen LogP contribution in [-0.2, 0) is 6.42 Å². The molecule has 4 aliphatic rings. The lowest BCUT2D eigenvalue weighted by Gasteiger charge is -2.58. The minimum atomic E-state index is 0.235. The van der Waals surface area contributed by atoms with Crippen LogP contribution in [0, 0.1) is 40.4 Å². The van der Waals surface area contributed by atoms with Gasteiger partial charge in [0.1, 0.15) is 0 Å². The van der Waals surface area contributed by atoms with Gasteiger partial charge in [-0.15, -0.1) is 0 Å². The van der Waals surface area contributed by atoms with Gasteiger partial charge in [0.15, 0.2) is 0 Å². The second kappa shape index (κ2) is 4.62. The second-order valence-electron chi connectivity index (χ2n) is 7.65. The van der Waals surface area contributed by atoms with Crippen LogP contribution in [0.3, 0.4) is 0 Å². The van der Waals surface area contributed by atoms with Crippen molar-refractivity contribution in [3.05, 3.63) is 35.9 Å². The molecule has 0 N–H and O–H groups in total. The molecular formula is C19H23N. The van der Waals surface area contributed by atoms with E-state index in [4.69, 9.17) is 0 Å². The van der Waals surface area contributed by atoms with Crippen molar-refractivity contribution in [3.8, 4) is 6.07 Å². The zero-order valence-corrected chi connectivity index (χ0v) is 12.1. The molecule has 0 aliphatic heterocycles. The Morgan fingerprint density at radius 2 is 1.55 bits per heavy atom. The predicted molar refractivity (Wildman–Crippen MR) is 79.9 cm³/mol. The van der Waals surface area contributed by atoms with Crippen LogP contribution in [0.15, 0.2) is 30.3 Å². The Morgan fingerprint density at radius 1 is 1.00 bits per heavy atom. The summed E-state index contributed by atoms with van der Waals surface area (Å²) in [6.07, 6.45) is 9.36. The van der Waals surface area contributed by atoms with E-state index in [0.717, 1.165) is 24.2 Å². The van der Waals surface area contributed by atoms with Gasteiger partial charge >= 0.3 is 0 Å². The molecule has 4 saturated carbocycles. The van der Waals surface area contributed by atoms with Crippen LogP contribution < -0.4 is 0 Å². The molecule has 20 heavy (non-hydrogen) atoms. The van der Waals surface area contributed by atoms with Gasteiger partial charge in [0, 0.05) is 0 Å². The van der Waals surface area contributed by atoms with Gasteiger partial charge in [0.2, 0.25) is 0 Å². The van der Waals surface area contributed by atoms with Gasteiger partial charge in [-0.2, -0.15) is 5.26 Å². The van der Waals surface area contributed by atoms with E-state index < -0.39 is 0 Å². The Kier molecular flexibility index (Phi) is 2.88. The third-order valence-electron chi connectivity index (χ3n) is 6.26. The molecule has 4 aliphatic carbocycles. The first kappa shape index (κ1) is 12.5. The van der Waals surface area contributed by atoms with E-state index in [9.17, 15) is 5.26 Å². The standard InChI is InChI=1S/C19H23N/c20-13-18(9-14-4-2-1-3-5-14)19-10-15-6-16(11-19)8-17(7-15)12-19/h1-5,15-18H,6-12H2. The molecule has 0 saturated heterocycles. The van der Waals surface area contributed by atoms with Gasteiger partial charge < -0.3 is 0 Å². The van der Waals surface area contributed by atoms with Crippen molar-refractivity contribution in [2.24, 2.45) is 29.1 Å². The summed E-state index contributed by atoms with van der Waals surface area (Å²) in [6.45, 7) is 0. The maximum absolute atomic E-state index is 9.80. The van der Waals surface area contributed by atoms with Crippen LogP contribution in [0.5, 0.6) is 0 Å². The summed E-state index contributed by atoms with van der Waals surface area (Å²) in [5.74, 6) is 3.05. The van der Waals surface area contributed by atoms with Crippen molar-refractivity contribution in [3.63, 3.8) is 0 Å². The van der Waals surface area contributed by atoms with Crippen molar-refractivity contribution >= 4 is 0 Å². The van der Waals surface area contributed by atoms with Gasteiger partial charge in [-0.1, -0.05) is 30.3 Å². The first-order valence-electron chi connectivity index (χ1n) is 8.21. The van der Waals surface area contributed by atoms with Gasteiger partial charge in [-0.3, -0.25) is 0 Å². The number of nitrogens with zero attached hydrogens (tertiary/aromatic N) is 1. The molecule has 0 heterocycles. The SMILES string of the molecule is N#CC(Cc1ccccc1)C12CC3CC(CC(C3)C1)C2. The molecular weight excluding hydrogens is 242 g/mol. The third kappa shape index (κ3) is 1.97. The summed E-state index contributed by atoms with van der Waals surface area (Å²) >= 11 is 0. The number of nitriles is 1. The summed E-state index contributed by atoms with van der Waals surface area (Å²) in [5, 5.41) is 9.80. The molecule has 1 aromatic carbocycles. The van der Waals surface area contributed by atoms with Crippen molar-refractivity contribution < 1.29 is 0 Å². The molecule has 4 bridgehead atoms. The first-order valence-corrected chi connectivity index (χ1v) is 8.21. The van der Waals surface area contributed by atoms with Gasteiger partial charge in [-0.05, 0) is 73.7 Å². The smallest absolute Gasteiger partial charge is 0.0665 e. The van der Waals surface area contributed by atoms with Crippen LogP contribution in [0.25, 0.3) is 0 Å². The first-order chi connectivity index (χ1) is 9.77. The predicted octanol–water partition coefficient (Wildman–Crippen LogP) is 4.59. The number of hydrogen-bond donors (Lipinski definition) is 0. The Balaban J connectivity index is 1.60. The Hall–Kier alpha value is -1.29. The van der Waals surface area contributed by atoms with E-state index in [1.165, 1.54) is 44.1 Å². The molecule has 1 unspecified atom stereocenters. The zero-order chi connectivity index (χ0) is 13.6. The van der Waals surface area contributed by atoms with Crippen molar-refractivity contribution in [2.75, 3.05) is 0 Å². The summed E-state index contributed by atoms with van der Waals surface area (Å²) in [4.78, 5) is 0. The molecule has 5 rings (SSSR count). The number of benzene rings is 1. The molecule has 4 fully saturated rings. The number of rotatable bonds is 3. The van der Waals surface area contributed by atoms with E-state index in [-0.39, 0.29) is 5.92 Å². The topological polar surface area (TPSA) is 23.8 Å². The molecule has 1 heteroatoms. The summed E-state index contributed by atoms with van der Waals surface area (Å²) in [7, 11) is 0. The quantitative estimate of drug-likeness (QED) is 0.784. The maximum Gasteiger partial charge on any atom is 0.0665 e. The van der Waals surface area contributed by atoms with E-state index in [1.54, 1.807) is 0 Å². The lowest BCUT2D eigenvalue weighted by atomic mass is 9.46. The minimum absolute atomic E-state index is 0.235. The van der Waals surface area contributed by atoms with Crippen LogP contribution >= 0.6 is 0 Å². The van der Waals surface area contributed by atoms with Crippen molar-refractivity contribution in [2.45, 2.75) is 44.9 Å². The van der Waals surface area contributed by atoms with Gasteiger partial charge in [-0.25, -0.2) is 0 Å². The van der Waals surface area contributed by atoms with Gasteiger partial charge in [0.05, 0.1) is 12.0 Å². The molecule has 1 atom stereocenters. The zero-order valence-electron chi connectivity index (χ0n) is 12.1. The molecule has 0 spiro atoms. The maximum atomic E-state index is 9.80. The van der Waals surface area contributed by atoms with E-state index in [2.05, 4.69) is 36.4 Å². The number of hydrogen-bond acceptors (Lipinski definition) is 1. The molecule has 0 amide bonds. The third-order valence-corrected chi connectivity index (χ3v) is 6.26. The summed E-state index contributed by atoms with van der Waals surface area (Å²) in [6, 6.07) is 13.3. The van der Waals surface area contributed by atoms with Crippen molar-refractivity contribution in [1.82, 2.24) is 0 Å². The molecule has 1 aromatic rings. The monoisotopic (exact) mass is 265 g/mol. The van der Waals surface area contributed by atoms with Gasteiger partial charge in [0.25, 0.3) is 0 Å². The molecule has 0 radical (unpaired) electrons. The van der Waals surface area contributed by atoms with Crippen LogP contribution in [0.4, 0.5) is 0 Å². The molecule has 1 nitrogen and oxygen atoms in total. The fourth-order valence-electron chi connectivity index (χ4n) is 5.85. The highest BCUT2D eigenvalue weighted by atomic mass is 14.6. The average Bonchev–Trinajstić information content (AvgIpc) is 2.44. The Morgan fingerprint density at radius 3 is 2.05 bits per heavy atom. The largest absolute Gasteiger partial charge is 0.198 e. The highest BCUT2D eigenvalue weighted by Gasteiger charge is 2.54. The molecule has 0 aromatic heterocycles. The summed E-state index contributed by atoms with van der Waals surface area (Å²) < 4.78 is 0. The average molecular weight is 265 g/mol. The fourth-order valence-corrected chi connectivity index (χ4v) is 5.85. The van der Waals surface area contributed by atoms with E-state index in [0.29, 0.717) is 5.41 Å². The highest BCUT2D eigenvalue weighted by molar-refractivity contribution is 5.19. The van der Waals surface area contributed by atoms with Crippen LogP contribution in [0.2, 0.25) is 0 Å². The molecule has 104 valence electrons. The van der Waals surface area contributed by atoms with Crippen molar-refractivity contribution in [1.29, 1.82) is 5.26 Å². The normalized spacial score (nSPS) is 39.5. The fraction of sp³-hybridized carbons (Fsp3) is 0.632. The summed E-state index contributed by atoms with van der Waals surface area (Å²) in [5.41, 5.74) is 1.70. The van der Waals surface area contributed by atoms with Crippen LogP contribution in [-0.4, -0.2) is 0 Å². The van der Waals surface area contributed by atoms with E-state index >= 15 is 0 Å². The lowest BCUT2D eigenvalue weighted by Crippen LogP contribution is -2.49. The Bertz CT molecular complexity index is 489. The van der Waals surface area contributed by atoms with E-state index in [1.807, 2.05) is 0 Å². The Labute approximate surface area is 122 Å².